The molecule has 3 rings (SSSR count). The normalized spacial score (nSPS) is 11.1. The predicted octanol–water partition coefficient (Wildman–Crippen LogP) is 4.05. The van der Waals surface area contributed by atoms with E-state index in [2.05, 4.69) is 18.2 Å². The molecule has 1 aromatic heterocycles. The van der Waals surface area contributed by atoms with Crippen LogP contribution in [0.25, 0.3) is 10.8 Å². The Morgan fingerprint density at radius 3 is 2.70 bits per heavy atom. The number of aryl methyl sites for hydroxylation is 1. The number of benzene rings is 2. The van der Waals surface area contributed by atoms with Crippen molar-refractivity contribution in [3.05, 3.63) is 54.4 Å². The average molecular weight is 284 g/mol. The molecule has 1 N–H and O–H groups in total. The molecule has 0 aliphatic carbocycles. The second-order valence-electron chi connectivity index (χ2n) is 4.62. The van der Waals surface area contributed by atoms with Crippen molar-refractivity contribution in [1.82, 2.24) is 9.78 Å². The maximum atomic E-state index is 9.89. The van der Waals surface area contributed by atoms with E-state index in [0.29, 0.717) is 5.75 Å². The number of rotatable bonds is 4. The van der Waals surface area contributed by atoms with E-state index in [9.17, 15) is 5.11 Å². The van der Waals surface area contributed by atoms with Gasteiger partial charge in [-0.2, -0.15) is 5.10 Å². The number of phenolic OH excluding ortho intramolecular Hbond substituents is 1. The molecule has 0 aliphatic rings. The number of thioether (sulfide) groups is 1. The summed E-state index contributed by atoms with van der Waals surface area (Å²) in [5.74, 6) is 1.22. The number of aromatic nitrogens is 2. The first kappa shape index (κ1) is 13.1. The highest BCUT2D eigenvalue weighted by atomic mass is 32.2. The monoisotopic (exact) mass is 284 g/mol. The molecular weight excluding hydrogens is 268 g/mol. The van der Waals surface area contributed by atoms with Crippen LogP contribution in [0.1, 0.15) is 12.5 Å². The van der Waals surface area contributed by atoms with Crippen LogP contribution in [-0.2, 0) is 12.3 Å². The van der Waals surface area contributed by atoms with Gasteiger partial charge in [-0.3, -0.25) is 4.68 Å². The molecule has 0 aliphatic heterocycles. The highest BCUT2D eigenvalue weighted by Gasteiger charge is 2.06. The lowest BCUT2D eigenvalue weighted by molar-refractivity contribution is 0.481. The largest absolute Gasteiger partial charge is 0.507 e. The van der Waals surface area contributed by atoms with Crippen molar-refractivity contribution in [1.29, 1.82) is 0 Å². The van der Waals surface area contributed by atoms with Crippen LogP contribution in [0.15, 0.2) is 53.7 Å². The van der Waals surface area contributed by atoms with Gasteiger partial charge in [-0.05, 0) is 24.4 Å². The highest BCUT2D eigenvalue weighted by molar-refractivity contribution is 7.98. The Morgan fingerprint density at radius 2 is 1.95 bits per heavy atom. The zero-order chi connectivity index (χ0) is 13.9. The summed E-state index contributed by atoms with van der Waals surface area (Å²) >= 11 is 1.77. The van der Waals surface area contributed by atoms with Crippen LogP contribution in [0.2, 0.25) is 0 Å². The Hall–Kier alpha value is -1.94. The van der Waals surface area contributed by atoms with Crippen molar-refractivity contribution < 1.29 is 5.11 Å². The summed E-state index contributed by atoms with van der Waals surface area (Å²) in [7, 11) is 0. The van der Waals surface area contributed by atoms with Gasteiger partial charge in [0, 0.05) is 34.3 Å². The summed E-state index contributed by atoms with van der Waals surface area (Å²) in [6.07, 6.45) is 3.99. The van der Waals surface area contributed by atoms with Gasteiger partial charge in [-0.15, -0.1) is 11.8 Å². The zero-order valence-electron chi connectivity index (χ0n) is 11.3. The maximum absolute atomic E-state index is 9.89. The molecule has 0 radical (unpaired) electrons. The standard InChI is InChI=1S/C16H16N2OS/c1-2-18-10-12(9-17-18)11-20-16-8-7-15(19)13-5-3-4-6-14(13)16/h3-10,19H,2,11H2,1H3. The number of phenols is 1. The van der Waals surface area contributed by atoms with E-state index in [4.69, 9.17) is 0 Å². The van der Waals surface area contributed by atoms with Gasteiger partial charge in [0.1, 0.15) is 5.75 Å². The lowest BCUT2D eigenvalue weighted by atomic mass is 10.1. The predicted molar refractivity (Wildman–Crippen MR) is 83.1 cm³/mol. The molecule has 0 spiro atoms. The first-order valence-corrected chi connectivity index (χ1v) is 7.61. The third-order valence-electron chi connectivity index (χ3n) is 3.27. The van der Waals surface area contributed by atoms with Crippen molar-refractivity contribution in [2.75, 3.05) is 0 Å². The van der Waals surface area contributed by atoms with E-state index in [1.165, 1.54) is 10.5 Å². The van der Waals surface area contributed by atoms with Gasteiger partial charge in [0.05, 0.1) is 6.20 Å². The molecule has 0 unspecified atom stereocenters. The summed E-state index contributed by atoms with van der Waals surface area (Å²) < 4.78 is 1.94. The number of fused-ring (bicyclic) bond motifs is 1. The fourth-order valence-electron chi connectivity index (χ4n) is 2.20. The molecule has 102 valence electrons. The van der Waals surface area contributed by atoms with Crippen LogP contribution in [-0.4, -0.2) is 14.9 Å². The molecule has 3 nitrogen and oxygen atoms in total. The second-order valence-corrected chi connectivity index (χ2v) is 5.64. The molecule has 0 amide bonds. The van der Waals surface area contributed by atoms with Crippen LogP contribution in [0.5, 0.6) is 5.75 Å². The zero-order valence-corrected chi connectivity index (χ0v) is 12.1. The van der Waals surface area contributed by atoms with E-state index in [-0.39, 0.29) is 0 Å². The first-order valence-electron chi connectivity index (χ1n) is 6.63. The van der Waals surface area contributed by atoms with Gasteiger partial charge in [0.25, 0.3) is 0 Å². The third kappa shape index (κ3) is 2.51. The average Bonchev–Trinajstić information content (AvgIpc) is 2.95. The summed E-state index contributed by atoms with van der Waals surface area (Å²) in [6, 6.07) is 11.7. The lowest BCUT2D eigenvalue weighted by Gasteiger charge is -2.07. The molecule has 0 saturated carbocycles. The molecule has 0 bridgehead atoms. The quantitative estimate of drug-likeness (QED) is 0.734. The lowest BCUT2D eigenvalue weighted by Crippen LogP contribution is -1.92. The Kier molecular flexibility index (Phi) is 3.65. The van der Waals surface area contributed by atoms with Crippen molar-refractivity contribution in [3.8, 4) is 5.75 Å². The van der Waals surface area contributed by atoms with E-state index in [0.717, 1.165) is 23.1 Å². The Labute approximate surface area is 122 Å². The molecule has 0 saturated heterocycles. The van der Waals surface area contributed by atoms with Gasteiger partial charge in [0.2, 0.25) is 0 Å². The maximum Gasteiger partial charge on any atom is 0.123 e. The van der Waals surface area contributed by atoms with Crippen LogP contribution in [0.4, 0.5) is 0 Å². The highest BCUT2D eigenvalue weighted by Crippen LogP contribution is 2.34. The molecule has 0 fully saturated rings. The first-order chi connectivity index (χ1) is 9.78. The van der Waals surface area contributed by atoms with E-state index in [1.807, 2.05) is 41.2 Å². The van der Waals surface area contributed by atoms with Crippen molar-refractivity contribution in [3.63, 3.8) is 0 Å². The van der Waals surface area contributed by atoms with Crippen LogP contribution in [0, 0.1) is 0 Å². The van der Waals surface area contributed by atoms with Gasteiger partial charge < -0.3 is 5.11 Å². The van der Waals surface area contributed by atoms with Crippen LogP contribution in [0.3, 0.4) is 0 Å². The van der Waals surface area contributed by atoms with Crippen LogP contribution < -0.4 is 0 Å². The van der Waals surface area contributed by atoms with Gasteiger partial charge in [0.15, 0.2) is 0 Å². The number of nitrogens with zero attached hydrogens (tertiary/aromatic N) is 2. The minimum Gasteiger partial charge on any atom is -0.507 e. The summed E-state index contributed by atoms with van der Waals surface area (Å²) in [4.78, 5) is 1.18. The van der Waals surface area contributed by atoms with Gasteiger partial charge in [-0.25, -0.2) is 0 Å². The smallest absolute Gasteiger partial charge is 0.123 e. The number of hydrogen-bond acceptors (Lipinski definition) is 3. The van der Waals surface area contributed by atoms with E-state index < -0.39 is 0 Å². The van der Waals surface area contributed by atoms with Gasteiger partial charge in [-0.1, -0.05) is 24.3 Å². The summed E-state index contributed by atoms with van der Waals surface area (Å²) in [6.45, 7) is 2.98. The number of hydrogen-bond donors (Lipinski definition) is 1. The van der Waals surface area contributed by atoms with Crippen molar-refractivity contribution in [2.24, 2.45) is 0 Å². The Morgan fingerprint density at radius 1 is 1.15 bits per heavy atom. The summed E-state index contributed by atoms with van der Waals surface area (Å²) in [5.41, 5.74) is 1.22. The second kappa shape index (κ2) is 5.59. The molecule has 1 heterocycles. The fraction of sp³-hybridized carbons (Fsp3) is 0.188. The molecule has 3 aromatic rings. The van der Waals surface area contributed by atoms with Crippen molar-refractivity contribution in [2.45, 2.75) is 24.1 Å². The minimum atomic E-state index is 0.337. The fourth-order valence-corrected chi connectivity index (χ4v) is 3.17. The SMILES string of the molecule is CCn1cc(CSc2ccc(O)c3ccccc23)cn1. The Balaban J connectivity index is 1.86. The van der Waals surface area contributed by atoms with Crippen molar-refractivity contribution >= 4 is 22.5 Å². The Bertz CT molecular complexity index is 736. The molecule has 20 heavy (non-hydrogen) atoms. The number of aromatic hydroxyl groups is 1. The third-order valence-corrected chi connectivity index (χ3v) is 4.41. The molecule has 4 heteroatoms. The van der Waals surface area contributed by atoms with E-state index >= 15 is 0 Å². The van der Waals surface area contributed by atoms with Gasteiger partial charge >= 0.3 is 0 Å². The topological polar surface area (TPSA) is 38.0 Å². The summed E-state index contributed by atoms with van der Waals surface area (Å²) in [5, 5.41) is 16.2. The van der Waals surface area contributed by atoms with E-state index in [1.54, 1.807) is 17.8 Å². The van der Waals surface area contributed by atoms with Crippen LogP contribution >= 0.6 is 11.8 Å². The molecule has 2 aromatic carbocycles. The molecule has 0 atom stereocenters. The minimum absolute atomic E-state index is 0.337. The molecular formula is C16H16N2OS.